The number of hydrogen-bond acceptors (Lipinski definition) is 3. The number of rotatable bonds is 5. The maximum atomic E-state index is 13.0. The Hall–Kier alpha value is -2.86. The van der Waals surface area contributed by atoms with E-state index in [2.05, 4.69) is 5.32 Å². The number of carbonyl (C=O) groups is 1. The molecule has 1 N–H and O–H groups in total. The molecule has 0 bridgehead atoms. The molecule has 0 atom stereocenters. The number of halogens is 1. The summed E-state index contributed by atoms with van der Waals surface area (Å²) < 4.78 is 2.48. The number of para-hydroxylation sites is 1. The number of amides is 1. The minimum Gasteiger partial charge on any atom is -0.352 e. The molecule has 0 aliphatic rings. The van der Waals surface area contributed by atoms with Gasteiger partial charge in [0.15, 0.2) is 0 Å². The Balaban J connectivity index is 2.13. The molecular formula is C20H20ClN3O3. The molecule has 3 aromatic rings. The van der Waals surface area contributed by atoms with E-state index in [-0.39, 0.29) is 30.6 Å². The minimum atomic E-state index is -0.521. The summed E-state index contributed by atoms with van der Waals surface area (Å²) in [5.74, 6) is -0.283. The zero-order valence-corrected chi connectivity index (χ0v) is 15.9. The molecule has 7 heteroatoms. The normalized spacial score (nSPS) is 11.1. The van der Waals surface area contributed by atoms with Gasteiger partial charge in [0.1, 0.15) is 6.54 Å². The molecule has 0 fully saturated rings. The fourth-order valence-electron chi connectivity index (χ4n) is 2.95. The molecule has 1 aromatic heterocycles. The van der Waals surface area contributed by atoms with Crippen molar-refractivity contribution in [1.29, 1.82) is 0 Å². The largest absolute Gasteiger partial charge is 0.352 e. The Kier molecular flexibility index (Phi) is 5.46. The third-order valence-corrected chi connectivity index (χ3v) is 4.39. The highest BCUT2D eigenvalue weighted by molar-refractivity contribution is 6.30. The van der Waals surface area contributed by atoms with E-state index in [1.165, 1.54) is 4.57 Å². The van der Waals surface area contributed by atoms with Gasteiger partial charge in [-0.15, -0.1) is 0 Å². The lowest BCUT2D eigenvalue weighted by molar-refractivity contribution is -0.122. The van der Waals surface area contributed by atoms with Gasteiger partial charge in [0.05, 0.1) is 17.4 Å². The van der Waals surface area contributed by atoms with Crippen molar-refractivity contribution in [2.75, 3.05) is 0 Å². The van der Waals surface area contributed by atoms with Gasteiger partial charge in [0.2, 0.25) is 5.91 Å². The third kappa shape index (κ3) is 4.11. The Morgan fingerprint density at radius 3 is 2.37 bits per heavy atom. The average Bonchev–Trinajstić information content (AvgIpc) is 2.63. The van der Waals surface area contributed by atoms with Crippen LogP contribution >= 0.6 is 11.6 Å². The SMILES string of the molecule is CC(C)NC(=O)Cn1c(=O)n(Cc2ccc(Cl)cc2)c(=O)c2ccccc21. The predicted octanol–water partition coefficient (Wildman–Crippen LogP) is 2.39. The van der Waals surface area contributed by atoms with Crippen molar-refractivity contribution in [3.63, 3.8) is 0 Å². The van der Waals surface area contributed by atoms with Crippen molar-refractivity contribution in [2.24, 2.45) is 0 Å². The Morgan fingerprint density at radius 1 is 1.04 bits per heavy atom. The molecule has 140 valence electrons. The summed E-state index contributed by atoms with van der Waals surface area (Å²) in [6.45, 7) is 3.64. The summed E-state index contributed by atoms with van der Waals surface area (Å²) >= 11 is 5.90. The van der Waals surface area contributed by atoms with Gasteiger partial charge >= 0.3 is 5.69 Å². The highest BCUT2D eigenvalue weighted by atomic mass is 35.5. The van der Waals surface area contributed by atoms with E-state index in [1.54, 1.807) is 48.5 Å². The number of nitrogens with one attached hydrogen (secondary N) is 1. The van der Waals surface area contributed by atoms with E-state index in [0.29, 0.717) is 15.9 Å². The fourth-order valence-corrected chi connectivity index (χ4v) is 3.07. The second-order valence-corrected chi connectivity index (χ2v) is 7.06. The second-order valence-electron chi connectivity index (χ2n) is 6.63. The quantitative estimate of drug-likeness (QED) is 0.732. The maximum Gasteiger partial charge on any atom is 0.332 e. The summed E-state index contributed by atoms with van der Waals surface area (Å²) in [5, 5.41) is 3.74. The minimum absolute atomic E-state index is 0.0422. The van der Waals surface area contributed by atoms with E-state index in [4.69, 9.17) is 11.6 Å². The predicted molar refractivity (Wildman–Crippen MR) is 106 cm³/mol. The molecule has 6 nitrogen and oxygen atoms in total. The molecule has 2 aromatic carbocycles. The number of nitrogens with zero attached hydrogens (tertiary/aromatic N) is 2. The van der Waals surface area contributed by atoms with Crippen LogP contribution in [0.3, 0.4) is 0 Å². The molecule has 0 radical (unpaired) electrons. The number of fused-ring (bicyclic) bond motifs is 1. The average molecular weight is 386 g/mol. The van der Waals surface area contributed by atoms with Gasteiger partial charge in [-0.05, 0) is 43.7 Å². The highest BCUT2D eigenvalue weighted by Gasteiger charge is 2.15. The number of benzene rings is 2. The first-order chi connectivity index (χ1) is 12.9. The molecule has 27 heavy (non-hydrogen) atoms. The Labute approximate surface area is 161 Å². The summed E-state index contributed by atoms with van der Waals surface area (Å²) in [4.78, 5) is 38.1. The standard InChI is InChI=1S/C20H20ClN3O3/c1-13(2)22-18(25)12-23-17-6-4-3-5-16(17)19(26)24(20(23)27)11-14-7-9-15(21)10-8-14/h3-10,13H,11-12H2,1-2H3,(H,22,25). The van der Waals surface area contributed by atoms with E-state index >= 15 is 0 Å². The van der Waals surface area contributed by atoms with Crippen LogP contribution in [0, 0.1) is 0 Å². The van der Waals surface area contributed by atoms with Crippen molar-refractivity contribution >= 4 is 28.4 Å². The van der Waals surface area contributed by atoms with Crippen LogP contribution in [-0.4, -0.2) is 21.1 Å². The van der Waals surface area contributed by atoms with Crippen molar-refractivity contribution in [2.45, 2.75) is 33.0 Å². The van der Waals surface area contributed by atoms with Crippen LogP contribution in [0.15, 0.2) is 58.1 Å². The van der Waals surface area contributed by atoms with E-state index in [0.717, 1.165) is 10.1 Å². The number of hydrogen-bond donors (Lipinski definition) is 1. The molecule has 0 saturated carbocycles. The van der Waals surface area contributed by atoms with Gasteiger partial charge in [-0.3, -0.25) is 18.7 Å². The smallest absolute Gasteiger partial charge is 0.332 e. The first-order valence-corrected chi connectivity index (χ1v) is 9.01. The van der Waals surface area contributed by atoms with Gasteiger partial charge in [0, 0.05) is 11.1 Å². The zero-order valence-electron chi connectivity index (χ0n) is 15.1. The Bertz CT molecular complexity index is 1100. The molecule has 0 spiro atoms. The molecule has 1 heterocycles. The molecular weight excluding hydrogens is 366 g/mol. The van der Waals surface area contributed by atoms with Gasteiger partial charge < -0.3 is 5.32 Å². The molecule has 1 amide bonds. The summed E-state index contributed by atoms with van der Waals surface area (Å²) in [5.41, 5.74) is 0.310. The molecule has 0 saturated heterocycles. The van der Waals surface area contributed by atoms with Gasteiger partial charge in [-0.25, -0.2) is 4.79 Å². The lowest BCUT2D eigenvalue weighted by Gasteiger charge is -2.15. The fraction of sp³-hybridized carbons (Fsp3) is 0.250. The lowest BCUT2D eigenvalue weighted by atomic mass is 10.2. The van der Waals surface area contributed by atoms with E-state index in [9.17, 15) is 14.4 Å². The van der Waals surface area contributed by atoms with Gasteiger partial charge in [0.25, 0.3) is 5.56 Å². The molecule has 3 rings (SSSR count). The Morgan fingerprint density at radius 2 is 1.70 bits per heavy atom. The monoisotopic (exact) mass is 385 g/mol. The molecule has 0 aliphatic carbocycles. The van der Waals surface area contributed by atoms with E-state index < -0.39 is 5.69 Å². The van der Waals surface area contributed by atoms with Crippen LogP contribution in [0.5, 0.6) is 0 Å². The van der Waals surface area contributed by atoms with Gasteiger partial charge in [-0.1, -0.05) is 35.9 Å². The first-order valence-electron chi connectivity index (χ1n) is 8.63. The zero-order chi connectivity index (χ0) is 19.6. The van der Waals surface area contributed by atoms with E-state index in [1.807, 2.05) is 13.8 Å². The van der Waals surface area contributed by atoms with Crippen LogP contribution < -0.4 is 16.6 Å². The number of aromatic nitrogens is 2. The number of carbonyl (C=O) groups excluding carboxylic acids is 1. The van der Waals surface area contributed by atoms with Crippen LogP contribution in [0.25, 0.3) is 10.9 Å². The van der Waals surface area contributed by atoms with Crippen molar-refractivity contribution in [1.82, 2.24) is 14.5 Å². The van der Waals surface area contributed by atoms with Crippen molar-refractivity contribution in [3.8, 4) is 0 Å². The van der Waals surface area contributed by atoms with Crippen molar-refractivity contribution in [3.05, 3.63) is 80.0 Å². The molecule has 0 aliphatic heterocycles. The van der Waals surface area contributed by atoms with Crippen LogP contribution in [0.2, 0.25) is 5.02 Å². The second kappa shape index (κ2) is 7.80. The summed E-state index contributed by atoms with van der Waals surface area (Å²) in [7, 11) is 0. The first kappa shape index (κ1) is 18.9. The lowest BCUT2D eigenvalue weighted by Crippen LogP contribution is -2.43. The summed E-state index contributed by atoms with van der Waals surface area (Å²) in [6.07, 6.45) is 0. The van der Waals surface area contributed by atoms with Gasteiger partial charge in [-0.2, -0.15) is 0 Å². The van der Waals surface area contributed by atoms with Crippen molar-refractivity contribution < 1.29 is 4.79 Å². The summed E-state index contributed by atoms with van der Waals surface area (Å²) in [6, 6.07) is 13.7. The van der Waals surface area contributed by atoms with Crippen LogP contribution in [-0.2, 0) is 17.9 Å². The maximum absolute atomic E-state index is 13.0. The molecule has 0 unspecified atom stereocenters. The highest BCUT2D eigenvalue weighted by Crippen LogP contribution is 2.11. The van der Waals surface area contributed by atoms with Crippen LogP contribution in [0.4, 0.5) is 0 Å². The third-order valence-electron chi connectivity index (χ3n) is 4.14. The topological polar surface area (TPSA) is 73.1 Å². The van der Waals surface area contributed by atoms with Crippen LogP contribution in [0.1, 0.15) is 19.4 Å².